The topological polar surface area (TPSA) is 49.7 Å². The van der Waals surface area contributed by atoms with Gasteiger partial charge in [0.15, 0.2) is 0 Å². The second kappa shape index (κ2) is 33.9. The molecule has 0 aromatic carbocycles. The van der Waals surface area contributed by atoms with E-state index in [0.717, 1.165) is 12.8 Å². The fourth-order valence-electron chi connectivity index (χ4n) is 5.23. The van der Waals surface area contributed by atoms with Gasteiger partial charge in [0.2, 0.25) is 0 Å². The van der Waals surface area contributed by atoms with Crippen LogP contribution in [0.4, 0.5) is 0 Å². The molecule has 0 fully saturated rings. The molecule has 3 heteroatoms. The smallest absolute Gasteiger partial charge is 0.0819 e. The predicted molar refractivity (Wildman–Crippen MR) is 154 cm³/mol. The summed E-state index contributed by atoms with van der Waals surface area (Å²) in [6.07, 6.45) is 41.5. The fourth-order valence-corrected chi connectivity index (χ4v) is 5.23. The van der Waals surface area contributed by atoms with Crippen molar-refractivity contribution in [3.05, 3.63) is 0 Å². The van der Waals surface area contributed by atoms with E-state index >= 15 is 0 Å². The Kier molecular flexibility index (Phi) is 33.8. The zero-order chi connectivity index (χ0) is 25.3. The first-order valence-corrected chi connectivity index (χ1v) is 16.3. The van der Waals surface area contributed by atoms with E-state index in [1.807, 2.05) is 0 Å². The summed E-state index contributed by atoms with van der Waals surface area (Å²) >= 11 is 0. The molecule has 0 bridgehead atoms. The van der Waals surface area contributed by atoms with Crippen LogP contribution in [-0.2, 0) is 4.89 Å². The molecule has 0 aliphatic carbocycles. The average molecular weight is 499 g/mol. The Bertz CT molecular complexity index is 316. The summed E-state index contributed by atoms with van der Waals surface area (Å²) in [6.45, 7) is 0.865. The van der Waals surface area contributed by atoms with E-state index in [1.54, 1.807) is 0 Å². The van der Waals surface area contributed by atoms with Crippen molar-refractivity contribution in [2.75, 3.05) is 13.2 Å². The standard InChI is InChI=1S/C32H66O3/c33-31-29-27-25-23-21-19-17-15-13-11-9-7-5-3-1-2-4-6-8-10-12-14-16-18-20-22-24-26-28-30-32-35-34/h33-34H,1-32H2. The fraction of sp³-hybridized carbons (Fsp3) is 1.00. The highest BCUT2D eigenvalue weighted by atomic mass is 17.1. The molecule has 0 atom stereocenters. The van der Waals surface area contributed by atoms with Gasteiger partial charge >= 0.3 is 0 Å². The van der Waals surface area contributed by atoms with Crippen LogP contribution in [0.5, 0.6) is 0 Å². The van der Waals surface area contributed by atoms with Crippen LogP contribution in [0, 0.1) is 0 Å². The molecular weight excluding hydrogens is 432 g/mol. The summed E-state index contributed by atoms with van der Waals surface area (Å²) in [5, 5.41) is 17.0. The Morgan fingerprint density at radius 3 is 0.600 bits per heavy atom. The Hall–Kier alpha value is -0.120. The molecule has 0 saturated carbocycles. The van der Waals surface area contributed by atoms with Crippen LogP contribution in [0.2, 0.25) is 0 Å². The Morgan fingerprint density at radius 2 is 0.429 bits per heavy atom. The van der Waals surface area contributed by atoms with E-state index in [-0.39, 0.29) is 0 Å². The lowest BCUT2D eigenvalue weighted by atomic mass is 10.0. The molecule has 0 aliphatic rings. The highest BCUT2D eigenvalue weighted by molar-refractivity contribution is 4.52. The molecule has 0 aliphatic heterocycles. The molecule has 35 heavy (non-hydrogen) atoms. The van der Waals surface area contributed by atoms with E-state index in [2.05, 4.69) is 4.89 Å². The number of aliphatic hydroxyl groups is 1. The van der Waals surface area contributed by atoms with Gasteiger partial charge in [-0.3, -0.25) is 5.26 Å². The SMILES string of the molecule is OCCCCCCCCCCCCCCCCCCCCCCCCCCCCCCCCOO. The monoisotopic (exact) mass is 499 g/mol. The lowest BCUT2D eigenvalue weighted by molar-refractivity contribution is -0.242. The molecule has 0 amide bonds. The van der Waals surface area contributed by atoms with E-state index in [4.69, 9.17) is 10.4 Å². The Balaban J connectivity index is 3.00. The van der Waals surface area contributed by atoms with Crippen molar-refractivity contribution in [2.45, 2.75) is 193 Å². The van der Waals surface area contributed by atoms with Crippen LogP contribution in [0.25, 0.3) is 0 Å². The van der Waals surface area contributed by atoms with Gasteiger partial charge < -0.3 is 5.11 Å². The third kappa shape index (κ3) is 33.9. The summed E-state index contributed by atoms with van der Waals surface area (Å²) in [7, 11) is 0. The van der Waals surface area contributed by atoms with E-state index in [1.165, 1.54) is 180 Å². The van der Waals surface area contributed by atoms with Crippen LogP contribution < -0.4 is 0 Å². The first-order valence-electron chi connectivity index (χ1n) is 16.3. The van der Waals surface area contributed by atoms with Crippen molar-refractivity contribution >= 4 is 0 Å². The molecule has 0 rings (SSSR count). The number of rotatable bonds is 32. The number of unbranched alkanes of at least 4 members (excludes halogenated alkanes) is 29. The normalized spacial score (nSPS) is 11.5. The maximum absolute atomic E-state index is 8.77. The quantitative estimate of drug-likeness (QED) is 0.0550. The van der Waals surface area contributed by atoms with Gasteiger partial charge in [0.1, 0.15) is 0 Å². The van der Waals surface area contributed by atoms with E-state index in [0.29, 0.717) is 13.2 Å². The van der Waals surface area contributed by atoms with Gasteiger partial charge in [0, 0.05) is 6.61 Å². The van der Waals surface area contributed by atoms with E-state index < -0.39 is 0 Å². The molecule has 0 aromatic rings. The highest BCUT2D eigenvalue weighted by Crippen LogP contribution is 2.16. The third-order valence-corrected chi connectivity index (χ3v) is 7.64. The molecule has 3 nitrogen and oxygen atoms in total. The largest absolute Gasteiger partial charge is 0.396 e. The third-order valence-electron chi connectivity index (χ3n) is 7.64. The van der Waals surface area contributed by atoms with Gasteiger partial charge in [0.05, 0.1) is 6.61 Å². The molecule has 0 saturated heterocycles. The van der Waals surface area contributed by atoms with Gasteiger partial charge in [-0.15, -0.1) is 0 Å². The molecular formula is C32H66O3. The van der Waals surface area contributed by atoms with Gasteiger partial charge in [-0.05, 0) is 12.8 Å². The van der Waals surface area contributed by atoms with Crippen molar-refractivity contribution in [1.29, 1.82) is 0 Å². The van der Waals surface area contributed by atoms with Gasteiger partial charge in [-0.1, -0.05) is 180 Å². The van der Waals surface area contributed by atoms with Gasteiger partial charge in [-0.25, -0.2) is 4.89 Å². The second-order valence-corrected chi connectivity index (χ2v) is 11.2. The first kappa shape index (κ1) is 34.9. The van der Waals surface area contributed by atoms with Crippen molar-refractivity contribution in [3.63, 3.8) is 0 Å². The molecule has 2 N–H and O–H groups in total. The minimum absolute atomic E-state index is 0.369. The van der Waals surface area contributed by atoms with Crippen molar-refractivity contribution in [2.24, 2.45) is 0 Å². The molecule has 0 radical (unpaired) electrons. The second-order valence-electron chi connectivity index (χ2n) is 11.2. The van der Waals surface area contributed by atoms with Crippen LogP contribution >= 0.6 is 0 Å². The summed E-state index contributed by atoms with van der Waals surface area (Å²) in [6, 6.07) is 0. The van der Waals surface area contributed by atoms with Crippen molar-refractivity contribution in [3.8, 4) is 0 Å². The lowest BCUT2D eigenvalue weighted by Crippen LogP contribution is -1.88. The zero-order valence-electron chi connectivity index (χ0n) is 23.9. The molecule has 212 valence electrons. The molecule has 0 spiro atoms. The number of hydrogen-bond acceptors (Lipinski definition) is 3. The Morgan fingerprint density at radius 1 is 0.257 bits per heavy atom. The van der Waals surface area contributed by atoms with Crippen LogP contribution in [0.15, 0.2) is 0 Å². The number of hydrogen-bond donors (Lipinski definition) is 2. The molecule has 0 aromatic heterocycles. The highest BCUT2D eigenvalue weighted by Gasteiger charge is 1.97. The summed E-state index contributed by atoms with van der Waals surface area (Å²) in [4.78, 5) is 4.10. The first-order chi connectivity index (χ1) is 17.4. The van der Waals surface area contributed by atoms with Gasteiger partial charge in [-0.2, -0.15) is 0 Å². The molecule has 0 unspecified atom stereocenters. The minimum Gasteiger partial charge on any atom is -0.396 e. The minimum atomic E-state index is 0.369. The average Bonchev–Trinajstić information content (AvgIpc) is 2.87. The van der Waals surface area contributed by atoms with Gasteiger partial charge in [0.25, 0.3) is 0 Å². The van der Waals surface area contributed by atoms with Crippen LogP contribution in [-0.4, -0.2) is 23.6 Å². The zero-order valence-corrected chi connectivity index (χ0v) is 23.9. The van der Waals surface area contributed by atoms with Crippen LogP contribution in [0.3, 0.4) is 0 Å². The number of aliphatic hydroxyl groups excluding tert-OH is 1. The summed E-state index contributed by atoms with van der Waals surface area (Å²) in [5.74, 6) is 0. The van der Waals surface area contributed by atoms with Crippen molar-refractivity contribution in [1.82, 2.24) is 0 Å². The lowest BCUT2D eigenvalue weighted by Gasteiger charge is -2.04. The van der Waals surface area contributed by atoms with Crippen molar-refractivity contribution < 1.29 is 15.3 Å². The summed E-state index contributed by atoms with van der Waals surface area (Å²) in [5.41, 5.74) is 0. The predicted octanol–water partition coefficient (Wildman–Crippen LogP) is 11.2. The van der Waals surface area contributed by atoms with Crippen LogP contribution in [0.1, 0.15) is 193 Å². The van der Waals surface area contributed by atoms with E-state index in [9.17, 15) is 0 Å². The Labute approximate surface area is 221 Å². The maximum atomic E-state index is 8.77. The summed E-state index contributed by atoms with van der Waals surface area (Å²) < 4.78 is 0. The maximum Gasteiger partial charge on any atom is 0.0819 e. The molecule has 0 heterocycles.